The highest BCUT2D eigenvalue weighted by Gasteiger charge is 2.43. The number of piperidine rings is 1. The summed E-state index contributed by atoms with van der Waals surface area (Å²) in [4.78, 5) is 57.5. The summed E-state index contributed by atoms with van der Waals surface area (Å²) < 4.78 is 5.56. The van der Waals surface area contributed by atoms with E-state index in [1.165, 1.54) is 0 Å². The van der Waals surface area contributed by atoms with E-state index >= 15 is 0 Å². The first-order chi connectivity index (χ1) is 19.0. The van der Waals surface area contributed by atoms with Crippen LogP contribution in [0.1, 0.15) is 51.7 Å². The van der Waals surface area contributed by atoms with Gasteiger partial charge in [0.15, 0.2) is 0 Å². The Morgan fingerprint density at radius 1 is 1.00 bits per heavy atom. The first-order valence-electron chi connectivity index (χ1n) is 13.6. The number of hydrogen-bond donors (Lipinski definition) is 2. The summed E-state index contributed by atoms with van der Waals surface area (Å²) in [6, 6.07) is 17.0. The van der Waals surface area contributed by atoms with Crippen LogP contribution in [0.3, 0.4) is 0 Å². The Kier molecular flexibility index (Phi) is 10.7. The number of benzene rings is 2. The van der Waals surface area contributed by atoms with Gasteiger partial charge in [0.2, 0.25) is 18.2 Å². The van der Waals surface area contributed by atoms with Crippen molar-refractivity contribution >= 4 is 30.0 Å². The second-order valence-electron chi connectivity index (χ2n) is 11.0. The van der Waals surface area contributed by atoms with E-state index in [0.29, 0.717) is 31.5 Å². The summed E-state index contributed by atoms with van der Waals surface area (Å²) in [5, 5.41) is 6.67. The van der Waals surface area contributed by atoms with Crippen LogP contribution in [0, 0.1) is 5.41 Å². The number of anilines is 1. The quantitative estimate of drug-likeness (QED) is 0.323. The lowest BCUT2D eigenvalue weighted by Gasteiger charge is -2.40. The molecule has 0 aliphatic carbocycles. The van der Waals surface area contributed by atoms with Crippen LogP contribution in [0.25, 0.3) is 0 Å². The molecular formula is C30H40N4O6. The molecule has 1 aliphatic heterocycles. The van der Waals surface area contributed by atoms with Crippen molar-refractivity contribution in [1.82, 2.24) is 15.3 Å². The number of likely N-dealkylation sites (tertiary alicyclic amines) is 1. The summed E-state index contributed by atoms with van der Waals surface area (Å²) in [6.07, 6.45) is 1.30. The minimum Gasteiger partial charge on any atom is -0.448 e. The Bertz CT molecular complexity index is 1140. The van der Waals surface area contributed by atoms with Crippen LogP contribution >= 0.6 is 0 Å². The minimum atomic E-state index is -1.01. The fraction of sp³-hybridized carbons (Fsp3) is 0.467. The molecule has 4 amide bonds. The van der Waals surface area contributed by atoms with Crippen molar-refractivity contribution in [3.05, 3.63) is 65.7 Å². The third-order valence-electron chi connectivity index (χ3n) is 6.74. The third-order valence-corrected chi connectivity index (χ3v) is 6.74. The molecule has 0 spiro atoms. The van der Waals surface area contributed by atoms with E-state index in [4.69, 9.17) is 9.57 Å². The summed E-state index contributed by atoms with van der Waals surface area (Å²) in [5.74, 6) is -0.530. The number of aryl methyl sites for hydroxylation is 1. The number of carbonyl (C=O) groups is 4. The summed E-state index contributed by atoms with van der Waals surface area (Å²) in [7, 11) is 0. The fourth-order valence-corrected chi connectivity index (χ4v) is 4.44. The van der Waals surface area contributed by atoms with Crippen molar-refractivity contribution in [3.8, 4) is 0 Å². The van der Waals surface area contributed by atoms with E-state index in [-0.39, 0.29) is 38.1 Å². The lowest BCUT2D eigenvalue weighted by molar-refractivity contribution is -0.217. The Morgan fingerprint density at radius 3 is 2.23 bits per heavy atom. The zero-order chi connectivity index (χ0) is 29.2. The molecule has 0 radical (unpaired) electrons. The average Bonchev–Trinajstić information content (AvgIpc) is 2.95. The third kappa shape index (κ3) is 9.08. The minimum absolute atomic E-state index is 0.137. The molecule has 40 heavy (non-hydrogen) atoms. The monoisotopic (exact) mass is 552 g/mol. The molecule has 0 bridgehead atoms. The van der Waals surface area contributed by atoms with Crippen molar-refractivity contribution in [2.75, 3.05) is 31.6 Å². The largest absolute Gasteiger partial charge is 0.448 e. The zero-order valence-corrected chi connectivity index (χ0v) is 23.8. The topological polar surface area (TPSA) is 117 Å². The number of carbonyl (C=O) groups excluding carboxylic acids is 4. The molecule has 1 heterocycles. The van der Waals surface area contributed by atoms with Crippen LogP contribution in [-0.2, 0) is 36.9 Å². The Hall–Kier alpha value is -3.92. The van der Waals surface area contributed by atoms with Crippen LogP contribution in [0.2, 0.25) is 0 Å². The van der Waals surface area contributed by atoms with Gasteiger partial charge in [0, 0.05) is 25.3 Å². The molecule has 1 saturated heterocycles. The molecular weight excluding hydrogens is 512 g/mol. The van der Waals surface area contributed by atoms with E-state index in [1.54, 1.807) is 37.8 Å². The number of hydrogen-bond acceptors (Lipinski definition) is 6. The maximum atomic E-state index is 13.5. The maximum Gasteiger partial charge on any atom is 0.411 e. The average molecular weight is 553 g/mol. The number of hydroxylamine groups is 2. The van der Waals surface area contributed by atoms with Crippen molar-refractivity contribution < 1.29 is 28.8 Å². The van der Waals surface area contributed by atoms with Gasteiger partial charge in [-0.3, -0.25) is 24.5 Å². The molecule has 10 nitrogen and oxygen atoms in total. The smallest absolute Gasteiger partial charge is 0.411 e. The molecule has 0 saturated carbocycles. The normalized spacial score (nSPS) is 14.7. The lowest BCUT2D eigenvalue weighted by Crippen LogP contribution is -2.54. The Labute approximate surface area is 235 Å². The predicted molar refractivity (Wildman–Crippen MR) is 151 cm³/mol. The second-order valence-corrected chi connectivity index (χ2v) is 11.0. The maximum absolute atomic E-state index is 13.5. The van der Waals surface area contributed by atoms with Gasteiger partial charge in [0.05, 0.1) is 11.0 Å². The SMILES string of the molecule is CCc1ccc(NC(=O)OCC2(C(=O)NCc3ccccc3)CCN(C(=O)CN(C=O)OC(C)(C)C)CC2)cc1. The number of rotatable bonds is 11. The number of ether oxygens (including phenoxy) is 1. The molecule has 216 valence electrons. The van der Waals surface area contributed by atoms with Gasteiger partial charge in [-0.15, -0.1) is 0 Å². The van der Waals surface area contributed by atoms with Gasteiger partial charge in [-0.2, -0.15) is 0 Å². The van der Waals surface area contributed by atoms with E-state index in [1.807, 2.05) is 42.5 Å². The van der Waals surface area contributed by atoms with Gasteiger partial charge in [0.1, 0.15) is 13.2 Å². The molecule has 0 atom stereocenters. The van der Waals surface area contributed by atoms with Gasteiger partial charge < -0.3 is 15.0 Å². The summed E-state index contributed by atoms with van der Waals surface area (Å²) >= 11 is 0. The first-order valence-corrected chi connectivity index (χ1v) is 13.6. The molecule has 0 aromatic heterocycles. The highest BCUT2D eigenvalue weighted by Crippen LogP contribution is 2.33. The standard InChI is InChI=1S/C30H40N4O6/c1-5-23-11-13-25(14-12-23)32-28(38)39-21-30(27(37)31-19-24-9-7-6-8-10-24)15-17-33(18-16-30)26(36)20-34(22-35)40-29(2,3)4/h6-14,22H,5,15-21H2,1-4H3,(H,31,37)(H,32,38). The number of amides is 4. The highest BCUT2D eigenvalue weighted by molar-refractivity contribution is 5.86. The molecule has 2 N–H and O–H groups in total. The zero-order valence-electron chi connectivity index (χ0n) is 23.8. The Morgan fingerprint density at radius 2 is 1.65 bits per heavy atom. The van der Waals surface area contributed by atoms with Crippen LogP contribution in [-0.4, -0.2) is 66.1 Å². The molecule has 1 aliphatic rings. The molecule has 3 rings (SSSR count). The molecule has 10 heteroatoms. The van der Waals surface area contributed by atoms with Crippen molar-refractivity contribution in [3.63, 3.8) is 0 Å². The lowest BCUT2D eigenvalue weighted by atomic mass is 9.78. The number of nitrogens with zero attached hydrogens (tertiary/aromatic N) is 2. The molecule has 1 fully saturated rings. The van der Waals surface area contributed by atoms with Gasteiger partial charge in [-0.05, 0) is 63.3 Å². The van der Waals surface area contributed by atoms with Crippen molar-refractivity contribution in [2.24, 2.45) is 5.41 Å². The van der Waals surface area contributed by atoms with Gasteiger partial charge in [-0.1, -0.05) is 49.4 Å². The van der Waals surface area contributed by atoms with Crippen molar-refractivity contribution in [2.45, 2.75) is 59.1 Å². The Balaban J connectivity index is 1.65. The van der Waals surface area contributed by atoms with Gasteiger partial charge >= 0.3 is 6.09 Å². The van der Waals surface area contributed by atoms with E-state index in [9.17, 15) is 19.2 Å². The van der Waals surface area contributed by atoms with E-state index in [2.05, 4.69) is 17.6 Å². The predicted octanol–water partition coefficient (Wildman–Crippen LogP) is 3.91. The van der Waals surface area contributed by atoms with Crippen LogP contribution in [0.4, 0.5) is 10.5 Å². The van der Waals surface area contributed by atoms with E-state index < -0.39 is 17.1 Å². The summed E-state index contributed by atoms with van der Waals surface area (Å²) in [6.45, 7) is 7.90. The van der Waals surface area contributed by atoms with Gasteiger partial charge in [-0.25, -0.2) is 9.86 Å². The van der Waals surface area contributed by atoms with E-state index in [0.717, 1.165) is 22.6 Å². The van der Waals surface area contributed by atoms with Crippen LogP contribution in [0.5, 0.6) is 0 Å². The van der Waals surface area contributed by atoms with Gasteiger partial charge in [0.25, 0.3) is 0 Å². The second kappa shape index (κ2) is 13.9. The number of nitrogens with one attached hydrogen (secondary N) is 2. The molecule has 2 aromatic carbocycles. The fourth-order valence-electron chi connectivity index (χ4n) is 4.44. The van der Waals surface area contributed by atoms with Crippen LogP contribution in [0.15, 0.2) is 54.6 Å². The van der Waals surface area contributed by atoms with Crippen molar-refractivity contribution in [1.29, 1.82) is 0 Å². The molecule has 0 unspecified atom stereocenters. The van der Waals surface area contributed by atoms with Crippen LogP contribution < -0.4 is 10.6 Å². The highest BCUT2D eigenvalue weighted by atomic mass is 16.7. The molecule has 2 aromatic rings. The summed E-state index contributed by atoms with van der Waals surface area (Å²) in [5.41, 5.74) is 1.05. The first kappa shape index (κ1) is 30.6.